The van der Waals surface area contributed by atoms with E-state index in [4.69, 9.17) is 9.47 Å². The molecule has 1 aromatic rings. The Morgan fingerprint density at radius 3 is 2.67 bits per heavy atom. The van der Waals surface area contributed by atoms with Crippen LogP contribution in [0.25, 0.3) is 0 Å². The van der Waals surface area contributed by atoms with Crippen molar-refractivity contribution >= 4 is 22.0 Å². The Morgan fingerprint density at radius 2 is 2.17 bits per heavy atom. The van der Waals surface area contributed by atoms with E-state index >= 15 is 0 Å². The normalized spacial score (nSPS) is 11.2. The van der Waals surface area contributed by atoms with Crippen LogP contribution in [-0.4, -0.2) is 30.3 Å². The van der Waals surface area contributed by atoms with Gasteiger partial charge in [0.05, 0.1) is 11.6 Å². The quantitative estimate of drug-likeness (QED) is 0.897. The monoisotopic (exact) mass is 318 g/mol. The number of carbonyl (C=O) groups is 1. The second-order valence-electron chi connectivity index (χ2n) is 4.83. The fraction of sp³-hybridized carbons (Fsp3) is 0.583. The Balaban J connectivity index is 2.38. The third kappa shape index (κ3) is 4.60. The lowest BCUT2D eigenvalue weighted by molar-refractivity contribution is 0.0528. The molecule has 0 saturated carbocycles. The van der Waals surface area contributed by atoms with Gasteiger partial charge in [-0.15, -0.1) is 0 Å². The van der Waals surface area contributed by atoms with E-state index in [0.717, 1.165) is 15.9 Å². The third-order valence-corrected chi connectivity index (χ3v) is 2.99. The molecule has 0 bridgehead atoms. The number of nitrogens with one attached hydrogen (secondary N) is 2. The molecular weight excluding hydrogens is 300 g/mol. The largest absolute Gasteiger partial charge is 0.494 e. The lowest BCUT2D eigenvalue weighted by atomic mass is 10.2. The fourth-order valence-electron chi connectivity index (χ4n) is 1.36. The molecule has 0 aliphatic heterocycles. The zero-order valence-electron chi connectivity index (χ0n) is 11.1. The molecule has 0 unspecified atom stereocenters. The van der Waals surface area contributed by atoms with Crippen molar-refractivity contribution in [3.8, 4) is 5.75 Å². The first kappa shape index (κ1) is 14.9. The summed E-state index contributed by atoms with van der Waals surface area (Å²) in [6.45, 7) is 5.99. The number of hydrogen-bond donors (Lipinski definition) is 2. The smallest absolute Gasteiger partial charge is 0.407 e. The van der Waals surface area contributed by atoms with Gasteiger partial charge in [-0.25, -0.2) is 4.79 Å². The minimum absolute atomic E-state index is 0.405. The highest BCUT2D eigenvalue weighted by Crippen LogP contribution is 2.28. The highest BCUT2D eigenvalue weighted by Gasteiger charge is 2.16. The minimum atomic E-state index is -0.472. The van der Waals surface area contributed by atoms with Gasteiger partial charge in [0, 0.05) is 24.9 Å². The fourth-order valence-corrected chi connectivity index (χ4v) is 1.95. The molecule has 0 fully saturated rings. The SMILES string of the molecule is COc1c[nH]c(CCNC(=O)OC(C)(C)C)c1Br. The number of alkyl carbamates (subject to hydrolysis) is 1. The second kappa shape index (κ2) is 6.13. The van der Waals surface area contributed by atoms with Gasteiger partial charge in [0.2, 0.25) is 0 Å². The molecule has 0 aliphatic carbocycles. The molecular formula is C12H19BrN2O3. The van der Waals surface area contributed by atoms with Crippen LogP contribution in [0, 0.1) is 0 Å². The Hall–Kier alpha value is -1.17. The summed E-state index contributed by atoms with van der Waals surface area (Å²) in [6.07, 6.45) is 2.04. The maximum atomic E-state index is 11.4. The van der Waals surface area contributed by atoms with Crippen LogP contribution in [0.1, 0.15) is 26.5 Å². The average molecular weight is 319 g/mol. The van der Waals surface area contributed by atoms with E-state index in [9.17, 15) is 4.79 Å². The predicted octanol–water partition coefficient (Wildman–Crippen LogP) is 2.85. The first-order valence-corrected chi connectivity index (χ1v) is 6.49. The van der Waals surface area contributed by atoms with E-state index in [1.807, 2.05) is 20.8 Å². The molecule has 2 N–H and O–H groups in total. The van der Waals surface area contributed by atoms with Crippen molar-refractivity contribution in [1.82, 2.24) is 10.3 Å². The van der Waals surface area contributed by atoms with Crippen molar-refractivity contribution in [2.45, 2.75) is 32.8 Å². The lowest BCUT2D eigenvalue weighted by Crippen LogP contribution is -2.33. The minimum Gasteiger partial charge on any atom is -0.494 e. The number of methoxy groups -OCH3 is 1. The number of halogens is 1. The molecule has 0 spiro atoms. The highest BCUT2D eigenvalue weighted by molar-refractivity contribution is 9.10. The van der Waals surface area contributed by atoms with Gasteiger partial charge in [-0.1, -0.05) is 0 Å². The van der Waals surface area contributed by atoms with Crippen LogP contribution in [0.4, 0.5) is 4.79 Å². The van der Waals surface area contributed by atoms with E-state index in [1.165, 1.54) is 0 Å². The molecule has 102 valence electrons. The maximum absolute atomic E-state index is 11.4. The van der Waals surface area contributed by atoms with E-state index in [1.54, 1.807) is 13.3 Å². The van der Waals surface area contributed by atoms with Crippen molar-refractivity contribution in [1.29, 1.82) is 0 Å². The summed E-state index contributed by atoms with van der Waals surface area (Å²) in [5, 5.41) is 2.70. The predicted molar refractivity (Wildman–Crippen MR) is 73.0 cm³/mol. The van der Waals surface area contributed by atoms with Gasteiger partial charge in [-0.05, 0) is 36.7 Å². The van der Waals surface area contributed by atoms with Crippen LogP contribution in [0.15, 0.2) is 10.7 Å². The van der Waals surface area contributed by atoms with Gasteiger partial charge in [0.15, 0.2) is 5.75 Å². The number of H-pyrrole nitrogens is 1. The van der Waals surface area contributed by atoms with E-state index in [0.29, 0.717) is 13.0 Å². The summed E-state index contributed by atoms with van der Waals surface area (Å²) >= 11 is 3.43. The van der Waals surface area contributed by atoms with Crippen molar-refractivity contribution in [2.75, 3.05) is 13.7 Å². The van der Waals surface area contributed by atoms with E-state index in [-0.39, 0.29) is 0 Å². The molecule has 6 heteroatoms. The molecule has 18 heavy (non-hydrogen) atoms. The van der Waals surface area contributed by atoms with Gasteiger partial charge in [-0.3, -0.25) is 0 Å². The van der Waals surface area contributed by atoms with Crippen LogP contribution in [-0.2, 0) is 11.2 Å². The summed E-state index contributed by atoms with van der Waals surface area (Å²) in [4.78, 5) is 14.5. The Kier molecular flexibility index (Phi) is 5.07. The lowest BCUT2D eigenvalue weighted by Gasteiger charge is -2.19. The zero-order valence-corrected chi connectivity index (χ0v) is 12.7. The second-order valence-corrected chi connectivity index (χ2v) is 5.62. The number of ether oxygens (including phenoxy) is 2. The molecule has 0 saturated heterocycles. The number of hydrogen-bond acceptors (Lipinski definition) is 3. The van der Waals surface area contributed by atoms with E-state index < -0.39 is 11.7 Å². The number of aromatic nitrogens is 1. The molecule has 1 amide bonds. The average Bonchev–Trinajstić information content (AvgIpc) is 2.57. The first-order chi connectivity index (χ1) is 8.33. The Morgan fingerprint density at radius 1 is 1.50 bits per heavy atom. The standard InChI is InChI=1S/C12H19BrN2O3/c1-12(2,3)18-11(16)14-6-5-8-10(13)9(17-4)7-15-8/h7,15H,5-6H2,1-4H3,(H,14,16). The van der Waals surface area contributed by atoms with Crippen molar-refractivity contribution in [3.05, 3.63) is 16.4 Å². The number of carbonyl (C=O) groups excluding carboxylic acids is 1. The van der Waals surface area contributed by atoms with Crippen LogP contribution < -0.4 is 10.1 Å². The molecule has 1 heterocycles. The van der Waals surface area contributed by atoms with Crippen LogP contribution in [0.2, 0.25) is 0 Å². The molecule has 0 aromatic carbocycles. The van der Waals surface area contributed by atoms with Gasteiger partial charge in [0.25, 0.3) is 0 Å². The van der Waals surface area contributed by atoms with Gasteiger partial charge >= 0.3 is 6.09 Å². The zero-order chi connectivity index (χ0) is 13.8. The van der Waals surface area contributed by atoms with Crippen LogP contribution in [0.3, 0.4) is 0 Å². The highest BCUT2D eigenvalue weighted by atomic mass is 79.9. The van der Waals surface area contributed by atoms with E-state index in [2.05, 4.69) is 26.2 Å². The summed E-state index contributed by atoms with van der Waals surface area (Å²) in [7, 11) is 1.61. The van der Waals surface area contributed by atoms with Crippen LogP contribution in [0.5, 0.6) is 5.75 Å². The summed E-state index contributed by atoms with van der Waals surface area (Å²) in [5.41, 5.74) is 0.503. The Bertz CT molecular complexity index is 410. The van der Waals surface area contributed by atoms with Crippen molar-refractivity contribution < 1.29 is 14.3 Å². The number of rotatable bonds is 4. The van der Waals surface area contributed by atoms with Crippen molar-refractivity contribution in [2.24, 2.45) is 0 Å². The topological polar surface area (TPSA) is 63.3 Å². The van der Waals surface area contributed by atoms with Gasteiger partial charge in [0.1, 0.15) is 5.60 Å². The maximum Gasteiger partial charge on any atom is 0.407 e. The molecule has 0 atom stereocenters. The van der Waals surface area contributed by atoms with Gasteiger partial charge < -0.3 is 19.8 Å². The molecule has 1 rings (SSSR count). The van der Waals surface area contributed by atoms with Gasteiger partial charge in [-0.2, -0.15) is 0 Å². The summed E-state index contributed by atoms with van der Waals surface area (Å²) < 4.78 is 11.1. The number of amides is 1. The summed E-state index contributed by atoms with van der Waals surface area (Å²) in [5.74, 6) is 0.752. The molecule has 0 radical (unpaired) electrons. The first-order valence-electron chi connectivity index (χ1n) is 5.70. The van der Waals surface area contributed by atoms with Crippen molar-refractivity contribution in [3.63, 3.8) is 0 Å². The van der Waals surface area contributed by atoms with Crippen LogP contribution >= 0.6 is 15.9 Å². The molecule has 1 aromatic heterocycles. The third-order valence-electron chi connectivity index (χ3n) is 2.12. The summed E-state index contributed by atoms with van der Waals surface area (Å²) in [6, 6.07) is 0. The number of aromatic amines is 1. The Labute approximate surface area is 115 Å². The molecule has 5 nitrogen and oxygen atoms in total. The molecule has 0 aliphatic rings.